The molecule has 3 atom stereocenters. The Morgan fingerprint density at radius 2 is 2.00 bits per heavy atom. The molecule has 7 heteroatoms. The first-order valence-corrected chi connectivity index (χ1v) is 8.15. The number of nitrogens with zero attached hydrogens (tertiary/aromatic N) is 1. The molecular formula is C15H24F2N2O3. The summed E-state index contributed by atoms with van der Waals surface area (Å²) < 4.78 is 31.8. The second kappa shape index (κ2) is 6.37. The van der Waals surface area contributed by atoms with Gasteiger partial charge in [0.1, 0.15) is 6.10 Å². The summed E-state index contributed by atoms with van der Waals surface area (Å²) in [5.74, 6) is -2.49. The number of amides is 1. The lowest BCUT2D eigenvalue weighted by Crippen LogP contribution is -2.50. The number of likely N-dealkylation sites (tertiary alicyclic amines) is 1. The third-order valence-corrected chi connectivity index (χ3v) is 5.11. The highest BCUT2D eigenvalue weighted by molar-refractivity contribution is 5.79. The Balaban J connectivity index is 1.44. The molecule has 5 nitrogen and oxygen atoms in total. The molecule has 3 aliphatic rings. The van der Waals surface area contributed by atoms with Gasteiger partial charge in [-0.3, -0.25) is 4.79 Å². The summed E-state index contributed by atoms with van der Waals surface area (Å²) in [6, 6.07) is -0.385. The third kappa shape index (κ3) is 3.58. The van der Waals surface area contributed by atoms with Crippen molar-refractivity contribution in [3.63, 3.8) is 0 Å². The van der Waals surface area contributed by atoms with Gasteiger partial charge in [-0.2, -0.15) is 0 Å². The average Bonchev–Trinajstić information content (AvgIpc) is 2.72. The van der Waals surface area contributed by atoms with Crippen molar-refractivity contribution in [2.75, 3.05) is 26.2 Å². The quantitative estimate of drug-likeness (QED) is 0.803. The maximum absolute atomic E-state index is 13.1. The highest BCUT2D eigenvalue weighted by Gasteiger charge is 2.41. The van der Waals surface area contributed by atoms with Gasteiger partial charge in [0.05, 0.1) is 18.8 Å². The van der Waals surface area contributed by atoms with E-state index in [1.54, 1.807) is 0 Å². The van der Waals surface area contributed by atoms with Crippen LogP contribution in [0.4, 0.5) is 8.78 Å². The number of hydrogen-bond acceptors (Lipinski definition) is 4. The van der Waals surface area contributed by atoms with Crippen LogP contribution in [0.3, 0.4) is 0 Å². The van der Waals surface area contributed by atoms with Crippen molar-refractivity contribution in [3.05, 3.63) is 0 Å². The van der Waals surface area contributed by atoms with E-state index in [0.29, 0.717) is 19.6 Å². The number of carbonyl (C=O) groups excluding carboxylic acids is 1. The molecule has 0 radical (unpaired) electrons. The highest BCUT2D eigenvalue weighted by Crippen LogP contribution is 2.29. The van der Waals surface area contributed by atoms with Gasteiger partial charge in [-0.1, -0.05) is 6.42 Å². The van der Waals surface area contributed by atoms with Crippen molar-refractivity contribution in [1.82, 2.24) is 10.2 Å². The second-order valence-electron chi connectivity index (χ2n) is 6.76. The van der Waals surface area contributed by atoms with Gasteiger partial charge in [-0.25, -0.2) is 8.78 Å². The van der Waals surface area contributed by atoms with Crippen LogP contribution in [0.5, 0.6) is 0 Å². The van der Waals surface area contributed by atoms with Crippen LogP contribution in [-0.4, -0.2) is 66.3 Å². The van der Waals surface area contributed by atoms with Crippen LogP contribution in [-0.2, 0) is 9.53 Å². The van der Waals surface area contributed by atoms with Crippen molar-refractivity contribution in [3.8, 4) is 0 Å². The zero-order valence-electron chi connectivity index (χ0n) is 12.6. The highest BCUT2D eigenvalue weighted by atomic mass is 19.3. The zero-order valence-corrected chi connectivity index (χ0v) is 12.6. The molecule has 2 heterocycles. The van der Waals surface area contributed by atoms with Crippen LogP contribution < -0.4 is 5.32 Å². The first kappa shape index (κ1) is 16.1. The van der Waals surface area contributed by atoms with E-state index >= 15 is 0 Å². The number of carbonyl (C=O) groups is 1. The molecule has 0 spiro atoms. The molecule has 2 N–H and O–H groups in total. The molecule has 0 aromatic rings. The van der Waals surface area contributed by atoms with E-state index in [1.165, 1.54) is 0 Å². The van der Waals surface area contributed by atoms with Crippen LogP contribution >= 0.6 is 0 Å². The molecule has 22 heavy (non-hydrogen) atoms. The first-order chi connectivity index (χ1) is 10.4. The number of aliphatic hydroxyl groups excluding tert-OH is 1. The van der Waals surface area contributed by atoms with Gasteiger partial charge in [0.2, 0.25) is 5.91 Å². The van der Waals surface area contributed by atoms with E-state index < -0.39 is 18.1 Å². The maximum Gasteiger partial charge on any atom is 0.250 e. The minimum Gasteiger partial charge on any atom is -0.388 e. The van der Waals surface area contributed by atoms with Crippen molar-refractivity contribution in [1.29, 1.82) is 0 Å². The van der Waals surface area contributed by atoms with Crippen LogP contribution in [0.25, 0.3) is 0 Å². The lowest BCUT2D eigenvalue weighted by Gasteiger charge is -2.33. The molecule has 0 aromatic carbocycles. The minimum absolute atomic E-state index is 0.00263. The standard InChI is InChI=1S/C15H24F2N2O3/c16-15(17)4-6-19(7-5-15)8-12-13(20)11(9-22-12)18-14(21)10-2-1-3-10/h10-13,20H,1-9H2,(H,18,21)/t11-,12-,13+/m0/s1. The summed E-state index contributed by atoms with van der Waals surface area (Å²) in [7, 11) is 0. The molecule has 1 amide bonds. The van der Waals surface area contributed by atoms with Crippen molar-refractivity contribution in [2.45, 2.75) is 56.3 Å². The smallest absolute Gasteiger partial charge is 0.250 e. The summed E-state index contributed by atoms with van der Waals surface area (Å²) >= 11 is 0. The molecule has 0 aromatic heterocycles. The monoisotopic (exact) mass is 318 g/mol. The minimum atomic E-state index is -2.56. The van der Waals surface area contributed by atoms with Gasteiger partial charge in [0.15, 0.2) is 0 Å². The summed E-state index contributed by atoms with van der Waals surface area (Å²) in [5, 5.41) is 13.1. The Bertz CT molecular complexity index is 408. The number of piperidine rings is 1. The lowest BCUT2D eigenvalue weighted by atomic mass is 9.84. The number of aliphatic hydroxyl groups is 1. The van der Waals surface area contributed by atoms with Gasteiger partial charge in [0.25, 0.3) is 5.92 Å². The fraction of sp³-hybridized carbons (Fsp3) is 0.933. The van der Waals surface area contributed by atoms with Crippen LogP contribution in [0.1, 0.15) is 32.1 Å². The molecule has 1 aliphatic carbocycles. The molecule has 3 fully saturated rings. The molecule has 2 aliphatic heterocycles. The number of hydrogen-bond donors (Lipinski definition) is 2. The van der Waals surface area contributed by atoms with E-state index in [2.05, 4.69) is 5.32 Å². The molecule has 1 saturated carbocycles. The summed E-state index contributed by atoms with van der Waals surface area (Å²) in [6.07, 6.45) is 1.45. The van der Waals surface area contributed by atoms with E-state index in [-0.39, 0.29) is 37.3 Å². The van der Waals surface area contributed by atoms with Crippen molar-refractivity contribution >= 4 is 5.91 Å². The van der Waals surface area contributed by atoms with E-state index in [9.17, 15) is 18.7 Å². The topological polar surface area (TPSA) is 61.8 Å². The molecule has 0 bridgehead atoms. The molecule has 126 valence electrons. The Labute approximate surface area is 129 Å². The number of ether oxygens (including phenoxy) is 1. The number of rotatable bonds is 4. The average molecular weight is 318 g/mol. The Morgan fingerprint density at radius 1 is 1.32 bits per heavy atom. The Kier molecular flexibility index (Phi) is 4.66. The summed E-state index contributed by atoms with van der Waals surface area (Å²) in [5.41, 5.74) is 0. The number of halogens is 2. The van der Waals surface area contributed by atoms with Gasteiger partial charge >= 0.3 is 0 Å². The predicted octanol–water partition coefficient (Wildman–Crippen LogP) is 0.762. The zero-order chi connectivity index (χ0) is 15.7. The maximum atomic E-state index is 13.1. The molecule has 3 rings (SSSR count). The van der Waals surface area contributed by atoms with Gasteiger partial charge < -0.3 is 20.1 Å². The molecule has 0 unspecified atom stereocenters. The fourth-order valence-electron chi connectivity index (χ4n) is 3.26. The SMILES string of the molecule is O=C(N[C@H]1CO[C@@H](CN2CCC(F)(F)CC2)[C@@H]1O)C1CCC1. The lowest BCUT2D eigenvalue weighted by molar-refractivity contribution is -0.128. The Hall–Kier alpha value is -0.790. The Morgan fingerprint density at radius 3 is 2.59 bits per heavy atom. The summed E-state index contributed by atoms with van der Waals surface area (Å²) in [4.78, 5) is 13.8. The molecule has 2 saturated heterocycles. The van der Waals surface area contributed by atoms with Gasteiger partial charge in [0, 0.05) is 38.4 Å². The number of nitrogens with one attached hydrogen (secondary N) is 1. The predicted molar refractivity (Wildman–Crippen MR) is 75.6 cm³/mol. The first-order valence-electron chi connectivity index (χ1n) is 8.15. The number of alkyl halides is 2. The normalized spacial score (nSPS) is 36.0. The third-order valence-electron chi connectivity index (χ3n) is 5.11. The summed E-state index contributed by atoms with van der Waals surface area (Å²) in [6.45, 7) is 1.36. The van der Waals surface area contributed by atoms with Crippen LogP contribution in [0.2, 0.25) is 0 Å². The van der Waals surface area contributed by atoms with E-state index in [1.807, 2.05) is 4.90 Å². The van der Waals surface area contributed by atoms with E-state index in [0.717, 1.165) is 19.3 Å². The largest absolute Gasteiger partial charge is 0.388 e. The van der Waals surface area contributed by atoms with Gasteiger partial charge in [-0.15, -0.1) is 0 Å². The van der Waals surface area contributed by atoms with Crippen LogP contribution in [0, 0.1) is 5.92 Å². The second-order valence-corrected chi connectivity index (χ2v) is 6.76. The molecular weight excluding hydrogens is 294 g/mol. The van der Waals surface area contributed by atoms with Gasteiger partial charge in [-0.05, 0) is 12.8 Å². The van der Waals surface area contributed by atoms with Crippen molar-refractivity contribution in [2.24, 2.45) is 5.92 Å². The van der Waals surface area contributed by atoms with E-state index in [4.69, 9.17) is 4.74 Å². The van der Waals surface area contributed by atoms with Crippen LogP contribution in [0.15, 0.2) is 0 Å². The van der Waals surface area contributed by atoms with Crippen molar-refractivity contribution < 1.29 is 23.4 Å². The fourth-order valence-corrected chi connectivity index (χ4v) is 3.26.